The minimum absolute atomic E-state index is 0.458. The zero-order chi connectivity index (χ0) is 20.0. The zero-order valence-electron chi connectivity index (χ0n) is 16.4. The fourth-order valence-electron chi connectivity index (χ4n) is 2.69. The zero-order valence-corrected chi connectivity index (χ0v) is 16.4. The molecule has 1 amide bonds. The molecule has 5 nitrogen and oxygen atoms in total. The number of carbonyl (C=O) groups is 1. The predicted molar refractivity (Wildman–Crippen MR) is 113 cm³/mol. The van der Waals surface area contributed by atoms with Gasteiger partial charge in [0.1, 0.15) is 5.60 Å². The summed E-state index contributed by atoms with van der Waals surface area (Å²) in [7, 11) is 0. The number of anilines is 2. The summed E-state index contributed by atoms with van der Waals surface area (Å²) in [5.74, 6) is 0. The van der Waals surface area contributed by atoms with Crippen LogP contribution in [0.5, 0.6) is 0 Å². The minimum Gasteiger partial charge on any atom is -0.444 e. The van der Waals surface area contributed by atoms with Gasteiger partial charge in [0.2, 0.25) is 0 Å². The molecule has 3 rings (SSSR count). The number of rotatable bonds is 5. The molecular weight excluding hydrogens is 350 g/mol. The van der Waals surface area contributed by atoms with Crippen molar-refractivity contribution < 1.29 is 9.53 Å². The van der Waals surface area contributed by atoms with Crippen LogP contribution < -0.4 is 10.6 Å². The lowest BCUT2D eigenvalue weighted by atomic mass is 10.0. The number of benzene rings is 2. The summed E-state index contributed by atoms with van der Waals surface area (Å²) in [5, 5.41) is 6.13. The van der Waals surface area contributed by atoms with Crippen molar-refractivity contribution in [3.05, 3.63) is 78.6 Å². The summed E-state index contributed by atoms with van der Waals surface area (Å²) >= 11 is 0. The van der Waals surface area contributed by atoms with Gasteiger partial charge in [0.25, 0.3) is 0 Å². The molecule has 0 aliphatic rings. The van der Waals surface area contributed by atoms with E-state index < -0.39 is 11.7 Å². The molecule has 5 heteroatoms. The van der Waals surface area contributed by atoms with E-state index in [0.717, 1.165) is 16.8 Å². The quantitative estimate of drug-likeness (QED) is 0.600. The first-order valence-electron chi connectivity index (χ1n) is 9.22. The largest absolute Gasteiger partial charge is 0.444 e. The van der Waals surface area contributed by atoms with Crippen molar-refractivity contribution in [1.29, 1.82) is 0 Å². The maximum atomic E-state index is 11.8. The maximum absolute atomic E-state index is 11.8. The smallest absolute Gasteiger partial charge is 0.412 e. The summed E-state index contributed by atoms with van der Waals surface area (Å²) in [6.07, 6.45) is 3.18. The molecule has 0 radical (unpaired) electrons. The van der Waals surface area contributed by atoms with E-state index in [1.54, 1.807) is 6.20 Å². The Bertz CT molecular complexity index is 917. The van der Waals surface area contributed by atoms with E-state index in [1.807, 2.05) is 63.4 Å². The Kier molecular flexibility index (Phi) is 5.94. The Hall–Kier alpha value is -3.34. The van der Waals surface area contributed by atoms with Crippen LogP contribution in [-0.4, -0.2) is 16.7 Å². The van der Waals surface area contributed by atoms with Gasteiger partial charge in [-0.2, -0.15) is 0 Å². The second-order valence-electron chi connectivity index (χ2n) is 7.50. The highest BCUT2D eigenvalue weighted by Crippen LogP contribution is 2.20. The molecule has 144 valence electrons. The molecule has 0 aliphatic heterocycles. The molecule has 0 fully saturated rings. The van der Waals surface area contributed by atoms with Crippen LogP contribution >= 0.6 is 0 Å². The van der Waals surface area contributed by atoms with Crippen LogP contribution in [0.3, 0.4) is 0 Å². The van der Waals surface area contributed by atoms with Crippen LogP contribution in [0.1, 0.15) is 26.3 Å². The van der Waals surface area contributed by atoms with Crippen molar-refractivity contribution in [1.82, 2.24) is 4.98 Å². The van der Waals surface area contributed by atoms with Gasteiger partial charge < -0.3 is 10.1 Å². The Morgan fingerprint density at radius 2 is 1.68 bits per heavy atom. The number of hydrogen-bond acceptors (Lipinski definition) is 4. The van der Waals surface area contributed by atoms with E-state index in [4.69, 9.17) is 4.74 Å². The summed E-state index contributed by atoms with van der Waals surface area (Å²) in [6, 6.07) is 19.9. The van der Waals surface area contributed by atoms with Crippen LogP contribution in [0.15, 0.2) is 73.1 Å². The van der Waals surface area contributed by atoms with Gasteiger partial charge in [-0.15, -0.1) is 0 Å². The third-order valence-corrected chi connectivity index (χ3v) is 3.95. The van der Waals surface area contributed by atoms with E-state index >= 15 is 0 Å². The molecular formula is C23H25N3O2. The fraction of sp³-hybridized carbons (Fsp3) is 0.217. The van der Waals surface area contributed by atoms with Crippen molar-refractivity contribution in [3.8, 4) is 11.1 Å². The van der Waals surface area contributed by atoms with Gasteiger partial charge in [-0.3, -0.25) is 10.3 Å². The predicted octanol–water partition coefficient (Wildman–Crippen LogP) is 5.71. The Morgan fingerprint density at radius 1 is 0.964 bits per heavy atom. The van der Waals surface area contributed by atoms with Crippen LogP contribution in [0.2, 0.25) is 0 Å². The molecule has 28 heavy (non-hydrogen) atoms. The van der Waals surface area contributed by atoms with Crippen molar-refractivity contribution in [2.45, 2.75) is 32.9 Å². The molecule has 0 spiro atoms. The number of amides is 1. The molecule has 3 aromatic rings. The molecule has 1 heterocycles. The summed E-state index contributed by atoms with van der Waals surface area (Å²) < 4.78 is 5.25. The first-order valence-corrected chi connectivity index (χ1v) is 9.22. The van der Waals surface area contributed by atoms with Crippen LogP contribution in [-0.2, 0) is 11.3 Å². The first-order chi connectivity index (χ1) is 13.4. The second kappa shape index (κ2) is 8.57. The first kappa shape index (κ1) is 19.4. The van der Waals surface area contributed by atoms with E-state index in [9.17, 15) is 4.79 Å². The lowest BCUT2D eigenvalue weighted by Gasteiger charge is -2.19. The van der Waals surface area contributed by atoms with E-state index in [2.05, 4.69) is 39.9 Å². The number of hydrogen-bond donors (Lipinski definition) is 2. The molecule has 0 aliphatic carbocycles. The Balaban J connectivity index is 1.57. The van der Waals surface area contributed by atoms with Gasteiger partial charge in [-0.05, 0) is 73.9 Å². The van der Waals surface area contributed by atoms with E-state index in [-0.39, 0.29) is 0 Å². The molecule has 0 bridgehead atoms. The van der Waals surface area contributed by atoms with Crippen LogP contribution in [0, 0.1) is 0 Å². The van der Waals surface area contributed by atoms with Gasteiger partial charge >= 0.3 is 6.09 Å². The normalized spacial score (nSPS) is 11.0. The number of nitrogens with zero attached hydrogens (tertiary/aromatic N) is 1. The van der Waals surface area contributed by atoms with Crippen molar-refractivity contribution in [2.75, 3.05) is 10.6 Å². The molecule has 0 atom stereocenters. The molecule has 0 unspecified atom stereocenters. The van der Waals surface area contributed by atoms with Gasteiger partial charge in [-0.25, -0.2) is 4.79 Å². The Morgan fingerprint density at radius 3 is 2.36 bits per heavy atom. The van der Waals surface area contributed by atoms with Crippen molar-refractivity contribution in [2.24, 2.45) is 0 Å². The van der Waals surface area contributed by atoms with Gasteiger partial charge in [0.15, 0.2) is 0 Å². The highest BCUT2D eigenvalue weighted by atomic mass is 16.6. The third-order valence-electron chi connectivity index (χ3n) is 3.95. The Labute approximate surface area is 165 Å². The number of pyridine rings is 1. The molecule has 0 saturated heterocycles. The maximum Gasteiger partial charge on any atom is 0.412 e. The molecule has 2 N–H and O–H groups in total. The average Bonchev–Trinajstić information content (AvgIpc) is 2.67. The highest BCUT2D eigenvalue weighted by Gasteiger charge is 2.16. The molecule has 2 aromatic carbocycles. The number of nitrogens with one attached hydrogen (secondary N) is 2. The van der Waals surface area contributed by atoms with Gasteiger partial charge in [0, 0.05) is 30.3 Å². The molecule has 0 saturated carbocycles. The number of carbonyl (C=O) groups excluding carboxylic acids is 1. The fourth-order valence-corrected chi connectivity index (χ4v) is 2.69. The SMILES string of the molecule is CC(C)(C)OC(=O)Nc1ccc(NCc2cccc(-c3cccnc3)c2)cc1. The number of aromatic nitrogens is 1. The number of ether oxygens (including phenoxy) is 1. The lowest BCUT2D eigenvalue weighted by Crippen LogP contribution is -2.27. The van der Waals surface area contributed by atoms with Gasteiger partial charge in [-0.1, -0.05) is 24.3 Å². The summed E-state index contributed by atoms with van der Waals surface area (Å²) in [5.41, 5.74) is 4.57. The van der Waals surface area contributed by atoms with Crippen molar-refractivity contribution >= 4 is 17.5 Å². The van der Waals surface area contributed by atoms with E-state index in [1.165, 1.54) is 5.56 Å². The minimum atomic E-state index is -0.518. The summed E-state index contributed by atoms with van der Waals surface area (Å²) in [6.45, 7) is 6.21. The summed E-state index contributed by atoms with van der Waals surface area (Å²) in [4.78, 5) is 16.0. The monoisotopic (exact) mass is 375 g/mol. The van der Waals surface area contributed by atoms with Gasteiger partial charge in [0.05, 0.1) is 0 Å². The topological polar surface area (TPSA) is 63.2 Å². The second-order valence-corrected chi connectivity index (χ2v) is 7.50. The average molecular weight is 375 g/mol. The molecule has 1 aromatic heterocycles. The van der Waals surface area contributed by atoms with E-state index in [0.29, 0.717) is 12.2 Å². The van der Waals surface area contributed by atoms with Crippen LogP contribution in [0.25, 0.3) is 11.1 Å². The highest BCUT2D eigenvalue weighted by molar-refractivity contribution is 5.85. The standard InChI is InChI=1S/C23H25N3O2/c1-23(2,3)28-22(27)26-21-11-9-20(10-12-21)25-15-17-6-4-7-18(14-17)19-8-5-13-24-16-19/h4-14,16,25H,15H2,1-3H3,(H,26,27). The van der Waals surface area contributed by atoms with Crippen molar-refractivity contribution in [3.63, 3.8) is 0 Å². The lowest BCUT2D eigenvalue weighted by molar-refractivity contribution is 0.0636. The van der Waals surface area contributed by atoms with Crippen LogP contribution in [0.4, 0.5) is 16.2 Å². The third kappa shape index (κ3) is 5.84.